The number of aryl methyl sites for hydroxylation is 1. The molecule has 2 aromatic carbocycles. The number of ketones is 1. The first kappa shape index (κ1) is 14.8. The first-order valence-corrected chi connectivity index (χ1v) is 7.04. The van der Waals surface area contributed by atoms with Crippen molar-refractivity contribution in [2.24, 2.45) is 0 Å². The van der Waals surface area contributed by atoms with E-state index in [1.807, 2.05) is 18.2 Å². The molecule has 0 bridgehead atoms. The fraction of sp³-hybridized carbons (Fsp3) is 0.235. The summed E-state index contributed by atoms with van der Waals surface area (Å²) in [5.74, 6) is -0.0350. The van der Waals surface area contributed by atoms with Crippen LogP contribution >= 0.6 is 11.6 Å². The summed E-state index contributed by atoms with van der Waals surface area (Å²) in [6.07, 6.45) is 1.87. The van der Waals surface area contributed by atoms with Crippen LogP contribution < -0.4 is 0 Å². The number of hydrogen-bond donors (Lipinski definition) is 0. The van der Waals surface area contributed by atoms with Crippen molar-refractivity contribution in [1.82, 2.24) is 0 Å². The van der Waals surface area contributed by atoms with Crippen molar-refractivity contribution >= 4 is 17.4 Å². The van der Waals surface area contributed by atoms with Crippen LogP contribution in [-0.4, -0.2) is 19.0 Å². The van der Waals surface area contributed by atoms with E-state index in [0.29, 0.717) is 17.2 Å². The van der Waals surface area contributed by atoms with Gasteiger partial charge in [0, 0.05) is 17.2 Å². The average Bonchev–Trinajstić information content (AvgIpc) is 2.48. The van der Waals surface area contributed by atoms with E-state index in [1.54, 1.807) is 24.3 Å². The Morgan fingerprint density at radius 3 is 2.60 bits per heavy atom. The van der Waals surface area contributed by atoms with Gasteiger partial charge in [0.1, 0.15) is 6.61 Å². The van der Waals surface area contributed by atoms with Crippen molar-refractivity contribution in [2.45, 2.75) is 12.8 Å². The summed E-state index contributed by atoms with van der Waals surface area (Å²) in [7, 11) is 0. The first-order chi connectivity index (χ1) is 9.75. The van der Waals surface area contributed by atoms with Gasteiger partial charge in [-0.05, 0) is 30.5 Å². The normalized spacial score (nSPS) is 10.4. The minimum absolute atomic E-state index is 0.0350. The molecule has 0 heterocycles. The van der Waals surface area contributed by atoms with Gasteiger partial charge in [0.2, 0.25) is 0 Å². The third-order valence-corrected chi connectivity index (χ3v) is 3.21. The van der Waals surface area contributed by atoms with Gasteiger partial charge in [0.15, 0.2) is 5.78 Å². The van der Waals surface area contributed by atoms with Gasteiger partial charge >= 0.3 is 0 Å². The highest BCUT2D eigenvalue weighted by atomic mass is 35.5. The summed E-state index contributed by atoms with van der Waals surface area (Å²) in [5.41, 5.74) is 1.89. The Labute approximate surface area is 124 Å². The molecule has 0 saturated heterocycles. The molecular formula is C17H17ClO2. The average molecular weight is 289 g/mol. The smallest absolute Gasteiger partial charge is 0.188 e. The monoisotopic (exact) mass is 288 g/mol. The summed E-state index contributed by atoms with van der Waals surface area (Å²) in [5, 5.41) is 0.569. The van der Waals surface area contributed by atoms with E-state index in [0.717, 1.165) is 12.8 Å². The van der Waals surface area contributed by atoms with Crippen LogP contribution in [0.3, 0.4) is 0 Å². The summed E-state index contributed by atoms with van der Waals surface area (Å²) in [6.45, 7) is 0.691. The Kier molecular flexibility index (Phi) is 5.78. The lowest BCUT2D eigenvalue weighted by atomic mass is 10.1. The van der Waals surface area contributed by atoms with Gasteiger partial charge in [-0.1, -0.05) is 54.1 Å². The molecule has 0 aliphatic carbocycles. The molecule has 0 aromatic heterocycles. The number of hydrogen-bond acceptors (Lipinski definition) is 2. The largest absolute Gasteiger partial charge is 0.373 e. The molecule has 3 heteroatoms. The Morgan fingerprint density at radius 1 is 1.05 bits per heavy atom. The lowest BCUT2D eigenvalue weighted by Crippen LogP contribution is -2.10. The topological polar surface area (TPSA) is 26.3 Å². The zero-order valence-electron chi connectivity index (χ0n) is 11.2. The van der Waals surface area contributed by atoms with E-state index >= 15 is 0 Å². The van der Waals surface area contributed by atoms with Crippen molar-refractivity contribution in [3.05, 3.63) is 70.7 Å². The third-order valence-electron chi connectivity index (χ3n) is 2.98. The van der Waals surface area contributed by atoms with Crippen molar-refractivity contribution in [3.8, 4) is 0 Å². The fourth-order valence-electron chi connectivity index (χ4n) is 1.93. The molecule has 20 heavy (non-hydrogen) atoms. The molecule has 0 atom stereocenters. The van der Waals surface area contributed by atoms with Gasteiger partial charge in [-0.3, -0.25) is 4.79 Å². The molecule has 0 saturated carbocycles. The van der Waals surface area contributed by atoms with E-state index in [9.17, 15) is 4.79 Å². The summed E-state index contributed by atoms with van der Waals surface area (Å²) in [4.78, 5) is 11.8. The minimum Gasteiger partial charge on any atom is -0.373 e. The molecule has 0 fully saturated rings. The van der Waals surface area contributed by atoms with E-state index in [1.165, 1.54) is 5.56 Å². The van der Waals surface area contributed by atoms with Crippen LogP contribution in [0.25, 0.3) is 0 Å². The number of halogens is 1. The number of rotatable bonds is 7. The van der Waals surface area contributed by atoms with Crippen molar-refractivity contribution < 1.29 is 9.53 Å². The van der Waals surface area contributed by atoms with E-state index in [2.05, 4.69) is 12.1 Å². The van der Waals surface area contributed by atoms with Crippen molar-refractivity contribution in [1.29, 1.82) is 0 Å². The number of Topliss-reactive ketones (excluding diaryl/α,β-unsaturated/α-hetero) is 1. The Bertz CT molecular complexity index is 552. The van der Waals surface area contributed by atoms with Gasteiger partial charge in [0.05, 0.1) is 0 Å². The van der Waals surface area contributed by atoms with E-state index in [-0.39, 0.29) is 12.4 Å². The maximum absolute atomic E-state index is 11.8. The molecule has 104 valence electrons. The first-order valence-electron chi connectivity index (χ1n) is 6.66. The van der Waals surface area contributed by atoms with Crippen molar-refractivity contribution in [3.63, 3.8) is 0 Å². The van der Waals surface area contributed by atoms with Crippen LogP contribution in [0, 0.1) is 0 Å². The molecule has 2 nitrogen and oxygen atoms in total. The van der Waals surface area contributed by atoms with Gasteiger partial charge < -0.3 is 4.74 Å². The van der Waals surface area contributed by atoms with Gasteiger partial charge in [-0.2, -0.15) is 0 Å². The Morgan fingerprint density at radius 2 is 1.85 bits per heavy atom. The molecule has 2 aromatic rings. The van der Waals surface area contributed by atoms with E-state index < -0.39 is 0 Å². The summed E-state index contributed by atoms with van der Waals surface area (Å²) < 4.78 is 5.42. The lowest BCUT2D eigenvalue weighted by Gasteiger charge is -2.04. The molecule has 2 rings (SSSR count). The SMILES string of the molecule is O=C(COCCCc1ccccc1)c1cccc(Cl)c1. The highest BCUT2D eigenvalue weighted by Gasteiger charge is 2.06. The van der Waals surface area contributed by atoms with Crippen molar-refractivity contribution in [2.75, 3.05) is 13.2 Å². The molecule has 0 spiro atoms. The highest BCUT2D eigenvalue weighted by molar-refractivity contribution is 6.31. The predicted molar refractivity (Wildman–Crippen MR) is 81.4 cm³/mol. The van der Waals surface area contributed by atoms with Crippen LogP contribution in [0.2, 0.25) is 5.02 Å². The molecule has 0 aliphatic rings. The van der Waals surface area contributed by atoms with Crippen LogP contribution in [0.1, 0.15) is 22.3 Å². The van der Waals surface area contributed by atoms with Gasteiger partial charge in [0.25, 0.3) is 0 Å². The van der Waals surface area contributed by atoms with Crippen LogP contribution in [0.5, 0.6) is 0 Å². The number of benzene rings is 2. The van der Waals surface area contributed by atoms with Gasteiger partial charge in [-0.25, -0.2) is 0 Å². The summed E-state index contributed by atoms with van der Waals surface area (Å²) in [6, 6.07) is 17.2. The van der Waals surface area contributed by atoms with E-state index in [4.69, 9.17) is 16.3 Å². The predicted octanol–water partition coefficient (Wildman–Crippen LogP) is 4.17. The second-order valence-electron chi connectivity index (χ2n) is 4.58. The number of carbonyl (C=O) groups excluding carboxylic acids is 1. The zero-order valence-corrected chi connectivity index (χ0v) is 12.0. The maximum Gasteiger partial charge on any atom is 0.188 e. The van der Waals surface area contributed by atoms with Crippen LogP contribution in [-0.2, 0) is 11.2 Å². The zero-order chi connectivity index (χ0) is 14.2. The molecule has 0 unspecified atom stereocenters. The Balaban J connectivity index is 1.67. The summed E-state index contributed by atoms with van der Waals surface area (Å²) >= 11 is 5.85. The van der Waals surface area contributed by atoms with Gasteiger partial charge in [-0.15, -0.1) is 0 Å². The fourth-order valence-corrected chi connectivity index (χ4v) is 2.12. The Hall–Kier alpha value is -1.64. The quantitative estimate of drug-likeness (QED) is 0.564. The molecule has 0 radical (unpaired) electrons. The maximum atomic E-state index is 11.8. The van der Waals surface area contributed by atoms with Crippen LogP contribution in [0.4, 0.5) is 0 Å². The molecule has 0 N–H and O–H groups in total. The van der Waals surface area contributed by atoms with Crippen LogP contribution in [0.15, 0.2) is 54.6 Å². The second-order valence-corrected chi connectivity index (χ2v) is 5.01. The number of ether oxygens (including phenoxy) is 1. The number of carbonyl (C=O) groups is 1. The highest BCUT2D eigenvalue weighted by Crippen LogP contribution is 2.11. The molecule has 0 aliphatic heterocycles. The molecular weight excluding hydrogens is 272 g/mol. The molecule has 0 amide bonds. The standard InChI is InChI=1S/C17H17ClO2/c18-16-10-4-9-15(12-16)17(19)13-20-11-5-8-14-6-2-1-3-7-14/h1-4,6-7,9-10,12H,5,8,11,13H2. The third kappa shape index (κ3) is 4.80. The lowest BCUT2D eigenvalue weighted by molar-refractivity contribution is 0.0756. The minimum atomic E-state index is -0.0350. The second kappa shape index (κ2) is 7.83.